The van der Waals surface area contributed by atoms with Gasteiger partial charge in [0.1, 0.15) is 0 Å². The smallest absolute Gasteiger partial charge is 0.223 e. The molecule has 1 aromatic rings. The van der Waals surface area contributed by atoms with Gasteiger partial charge in [0.15, 0.2) is 0 Å². The number of hydrogen-bond acceptors (Lipinski definition) is 2. The summed E-state index contributed by atoms with van der Waals surface area (Å²) in [6, 6.07) is 8.92. The SMILES string of the molecule is Cl.N[C@@H]1CCC[C@H]1CC(=O)N1CCCC1c1ccccc1I. The Morgan fingerprint density at radius 1 is 1.23 bits per heavy atom. The lowest BCUT2D eigenvalue weighted by atomic mass is 9.98. The van der Waals surface area contributed by atoms with E-state index in [9.17, 15) is 4.79 Å². The first-order valence-corrected chi connectivity index (χ1v) is 9.04. The van der Waals surface area contributed by atoms with Crippen LogP contribution >= 0.6 is 35.0 Å². The molecule has 1 saturated carbocycles. The van der Waals surface area contributed by atoms with Gasteiger partial charge in [-0.25, -0.2) is 0 Å². The standard InChI is InChI=1S/C17H23IN2O.ClH/c18-14-7-2-1-6-13(14)16-9-4-10-20(16)17(21)11-12-5-3-8-15(12)19;/h1-2,6-7,12,15-16H,3-5,8-11,19H2;1H/t12-,15+,16?;/m0./s1. The molecule has 1 amide bonds. The summed E-state index contributed by atoms with van der Waals surface area (Å²) in [5.74, 6) is 0.702. The molecule has 2 fully saturated rings. The highest BCUT2D eigenvalue weighted by Gasteiger charge is 2.34. The maximum atomic E-state index is 12.7. The predicted octanol–water partition coefficient (Wildman–Crippen LogP) is 3.89. The minimum absolute atomic E-state index is 0. The normalized spacial score (nSPS) is 27.7. The molecule has 1 saturated heterocycles. The lowest BCUT2D eigenvalue weighted by Gasteiger charge is -2.28. The van der Waals surface area contributed by atoms with Crippen LogP contribution in [0.3, 0.4) is 0 Å². The molecule has 1 aliphatic heterocycles. The van der Waals surface area contributed by atoms with Gasteiger partial charge in [-0.3, -0.25) is 4.79 Å². The minimum atomic E-state index is 0. The largest absolute Gasteiger partial charge is 0.336 e. The molecular weight excluding hydrogens is 411 g/mol. The number of amides is 1. The van der Waals surface area contributed by atoms with Crippen LogP contribution in [0.15, 0.2) is 24.3 Å². The summed E-state index contributed by atoms with van der Waals surface area (Å²) in [6.07, 6.45) is 6.22. The molecule has 2 N–H and O–H groups in total. The first kappa shape index (κ1) is 18.0. The Kier molecular flexibility index (Phi) is 6.53. The Labute approximate surface area is 152 Å². The van der Waals surface area contributed by atoms with Crippen molar-refractivity contribution in [3.63, 3.8) is 0 Å². The van der Waals surface area contributed by atoms with Crippen LogP contribution in [0, 0.1) is 9.49 Å². The van der Waals surface area contributed by atoms with Gasteiger partial charge in [-0.2, -0.15) is 0 Å². The second-order valence-corrected chi connectivity index (χ2v) is 7.49. The molecule has 3 rings (SSSR count). The van der Waals surface area contributed by atoms with Crippen LogP contribution < -0.4 is 5.73 Å². The van der Waals surface area contributed by atoms with Crippen molar-refractivity contribution in [2.24, 2.45) is 11.7 Å². The fraction of sp³-hybridized carbons (Fsp3) is 0.588. The molecule has 5 heteroatoms. The Morgan fingerprint density at radius 3 is 2.68 bits per heavy atom. The van der Waals surface area contributed by atoms with Gasteiger partial charge in [-0.05, 0) is 65.8 Å². The molecule has 3 atom stereocenters. The first-order chi connectivity index (χ1) is 10.2. The zero-order valence-electron chi connectivity index (χ0n) is 12.7. The minimum Gasteiger partial charge on any atom is -0.336 e. The Hall–Kier alpha value is -0.330. The molecular formula is C17H24ClIN2O. The lowest BCUT2D eigenvalue weighted by Crippen LogP contribution is -2.35. The third-order valence-corrected chi connectivity index (χ3v) is 5.97. The summed E-state index contributed by atoms with van der Waals surface area (Å²) in [7, 11) is 0. The van der Waals surface area contributed by atoms with Crippen molar-refractivity contribution in [2.45, 2.75) is 50.6 Å². The van der Waals surface area contributed by atoms with Crippen LogP contribution in [0.5, 0.6) is 0 Å². The van der Waals surface area contributed by atoms with E-state index in [1.807, 2.05) is 0 Å². The Morgan fingerprint density at radius 2 is 2.00 bits per heavy atom. The lowest BCUT2D eigenvalue weighted by molar-refractivity contribution is -0.133. The van der Waals surface area contributed by atoms with Crippen LogP contribution in [0.1, 0.15) is 50.1 Å². The van der Waals surface area contributed by atoms with Crippen LogP contribution in [-0.2, 0) is 4.79 Å². The Bertz CT molecular complexity index is 525. The zero-order chi connectivity index (χ0) is 14.8. The number of halogens is 2. The molecule has 0 bridgehead atoms. The molecule has 1 aliphatic carbocycles. The first-order valence-electron chi connectivity index (χ1n) is 7.96. The topological polar surface area (TPSA) is 46.3 Å². The third kappa shape index (κ3) is 3.77. The van der Waals surface area contributed by atoms with E-state index in [-0.39, 0.29) is 24.5 Å². The van der Waals surface area contributed by atoms with Gasteiger partial charge in [-0.1, -0.05) is 24.6 Å². The summed E-state index contributed by atoms with van der Waals surface area (Å²) in [4.78, 5) is 14.8. The number of rotatable bonds is 3. The van der Waals surface area contributed by atoms with Gasteiger partial charge in [-0.15, -0.1) is 12.4 Å². The molecule has 2 aliphatic rings. The van der Waals surface area contributed by atoms with E-state index in [1.54, 1.807) is 0 Å². The molecule has 1 heterocycles. The van der Waals surface area contributed by atoms with Gasteiger partial charge in [0, 0.05) is 22.6 Å². The van der Waals surface area contributed by atoms with Crippen molar-refractivity contribution < 1.29 is 4.79 Å². The highest BCUT2D eigenvalue weighted by molar-refractivity contribution is 14.1. The van der Waals surface area contributed by atoms with Crippen LogP contribution in [0.2, 0.25) is 0 Å². The molecule has 3 nitrogen and oxygen atoms in total. The van der Waals surface area contributed by atoms with Gasteiger partial charge < -0.3 is 10.6 Å². The highest BCUT2D eigenvalue weighted by Crippen LogP contribution is 2.36. The van der Waals surface area contributed by atoms with E-state index >= 15 is 0 Å². The van der Waals surface area contributed by atoms with Crippen molar-refractivity contribution >= 4 is 40.9 Å². The molecule has 122 valence electrons. The second-order valence-electron chi connectivity index (χ2n) is 6.33. The summed E-state index contributed by atoms with van der Waals surface area (Å²) < 4.78 is 1.26. The van der Waals surface area contributed by atoms with E-state index in [4.69, 9.17) is 5.73 Å². The van der Waals surface area contributed by atoms with Gasteiger partial charge in [0.2, 0.25) is 5.91 Å². The molecule has 1 aromatic carbocycles. The summed E-state index contributed by atoms with van der Waals surface area (Å²) >= 11 is 2.38. The van der Waals surface area contributed by atoms with Crippen molar-refractivity contribution in [3.05, 3.63) is 33.4 Å². The van der Waals surface area contributed by atoms with E-state index in [0.29, 0.717) is 18.2 Å². The van der Waals surface area contributed by atoms with Crippen LogP contribution in [0.4, 0.5) is 0 Å². The number of nitrogens with two attached hydrogens (primary N) is 1. The third-order valence-electron chi connectivity index (χ3n) is 4.99. The fourth-order valence-corrected chi connectivity index (χ4v) is 4.54. The van der Waals surface area contributed by atoms with Gasteiger partial charge in [0.05, 0.1) is 6.04 Å². The number of nitrogens with zero attached hydrogens (tertiary/aromatic N) is 1. The number of hydrogen-bond donors (Lipinski definition) is 1. The van der Waals surface area contributed by atoms with Crippen molar-refractivity contribution in [1.29, 1.82) is 0 Å². The highest BCUT2D eigenvalue weighted by atomic mass is 127. The van der Waals surface area contributed by atoms with Crippen molar-refractivity contribution in [3.8, 4) is 0 Å². The molecule has 22 heavy (non-hydrogen) atoms. The quantitative estimate of drug-likeness (QED) is 0.734. The number of benzene rings is 1. The maximum absolute atomic E-state index is 12.7. The van der Waals surface area contributed by atoms with Crippen LogP contribution in [0.25, 0.3) is 0 Å². The second kappa shape index (κ2) is 7.97. The molecule has 0 spiro atoms. The molecule has 0 radical (unpaired) electrons. The summed E-state index contributed by atoms with van der Waals surface area (Å²) in [5, 5.41) is 0. The number of carbonyl (C=O) groups excluding carboxylic acids is 1. The van der Waals surface area contributed by atoms with Gasteiger partial charge >= 0.3 is 0 Å². The van der Waals surface area contributed by atoms with Crippen molar-refractivity contribution in [2.75, 3.05) is 6.54 Å². The average molecular weight is 435 g/mol. The molecule has 1 unspecified atom stereocenters. The number of likely N-dealkylation sites (tertiary alicyclic amines) is 1. The van der Waals surface area contributed by atoms with Crippen molar-refractivity contribution in [1.82, 2.24) is 4.90 Å². The number of carbonyl (C=O) groups is 1. The maximum Gasteiger partial charge on any atom is 0.223 e. The predicted molar refractivity (Wildman–Crippen MR) is 100 cm³/mol. The Balaban J connectivity index is 0.00000176. The van der Waals surface area contributed by atoms with E-state index in [2.05, 4.69) is 51.8 Å². The molecule has 0 aromatic heterocycles. The fourth-order valence-electron chi connectivity index (χ4n) is 3.79. The zero-order valence-corrected chi connectivity index (χ0v) is 15.7. The van der Waals surface area contributed by atoms with E-state index in [1.165, 1.54) is 15.6 Å². The average Bonchev–Trinajstić information content (AvgIpc) is 3.09. The monoisotopic (exact) mass is 434 g/mol. The summed E-state index contributed by atoms with van der Waals surface area (Å²) in [6.45, 7) is 0.899. The van der Waals surface area contributed by atoms with Crippen LogP contribution in [-0.4, -0.2) is 23.4 Å². The summed E-state index contributed by atoms with van der Waals surface area (Å²) in [5.41, 5.74) is 7.43. The van der Waals surface area contributed by atoms with Gasteiger partial charge in [0.25, 0.3) is 0 Å². The van der Waals surface area contributed by atoms with E-state index in [0.717, 1.165) is 32.2 Å². The van der Waals surface area contributed by atoms with E-state index < -0.39 is 0 Å².